The van der Waals surface area contributed by atoms with E-state index in [2.05, 4.69) is 27.4 Å². The van der Waals surface area contributed by atoms with Crippen LogP contribution < -0.4 is 5.32 Å². The van der Waals surface area contributed by atoms with Crippen molar-refractivity contribution in [1.29, 1.82) is 0 Å². The number of ether oxygens (including phenoxy) is 1. The SMILES string of the molecule is CCOC(=O)c1cnc(CC2(c3ccccc3)CCN(C(=O)NC)CC2)nc1. The number of hydrogen-bond donors (Lipinski definition) is 1. The molecule has 1 aromatic heterocycles. The summed E-state index contributed by atoms with van der Waals surface area (Å²) in [6, 6.07) is 10.3. The molecule has 0 aliphatic carbocycles. The van der Waals surface area contributed by atoms with Crippen LogP contribution in [0.2, 0.25) is 0 Å². The predicted molar refractivity (Wildman–Crippen MR) is 105 cm³/mol. The molecule has 0 saturated carbocycles. The number of carbonyl (C=O) groups is 2. The predicted octanol–water partition coefficient (Wildman–Crippen LogP) is 2.57. The molecule has 1 aromatic carbocycles. The van der Waals surface area contributed by atoms with E-state index < -0.39 is 5.97 Å². The van der Waals surface area contributed by atoms with Gasteiger partial charge in [-0.05, 0) is 25.3 Å². The summed E-state index contributed by atoms with van der Waals surface area (Å²) in [5, 5.41) is 2.70. The zero-order valence-electron chi connectivity index (χ0n) is 16.4. The molecule has 2 amide bonds. The van der Waals surface area contributed by atoms with Crippen LogP contribution in [0.15, 0.2) is 42.7 Å². The summed E-state index contributed by atoms with van der Waals surface area (Å²) in [6.07, 6.45) is 5.36. The zero-order chi connectivity index (χ0) is 20.0. The summed E-state index contributed by atoms with van der Waals surface area (Å²) in [4.78, 5) is 34.5. The minimum absolute atomic E-state index is 0.0447. The summed E-state index contributed by atoms with van der Waals surface area (Å²) in [6.45, 7) is 3.44. The third-order valence-electron chi connectivity index (χ3n) is 5.32. The van der Waals surface area contributed by atoms with Gasteiger partial charge in [-0.15, -0.1) is 0 Å². The summed E-state index contributed by atoms with van der Waals surface area (Å²) in [5.74, 6) is 0.274. The van der Waals surface area contributed by atoms with Crippen molar-refractivity contribution in [3.05, 3.63) is 59.7 Å². The fraction of sp³-hybridized carbons (Fsp3) is 0.429. The maximum absolute atomic E-state index is 12.0. The smallest absolute Gasteiger partial charge is 0.341 e. The number of hydrogen-bond acceptors (Lipinski definition) is 5. The van der Waals surface area contributed by atoms with Gasteiger partial charge in [0.15, 0.2) is 0 Å². The molecule has 148 valence electrons. The molecule has 1 aliphatic rings. The maximum atomic E-state index is 12.0. The Bertz CT molecular complexity index is 800. The van der Waals surface area contributed by atoms with E-state index >= 15 is 0 Å². The highest BCUT2D eigenvalue weighted by Crippen LogP contribution is 2.38. The number of likely N-dealkylation sites (tertiary alicyclic amines) is 1. The Balaban J connectivity index is 1.81. The molecule has 2 aromatic rings. The summed E-state index contributed by atoms with van der Waals surface area (Å²) in [5.41, 5.74) is 1.44. The van der Waals surface area contributed by atoms with Crippen molar-refractivity contribution >= 4 is 12.0 Å². The molecule has 1 N–H and O–H groups in total. The molecule has 0 unspecified atom stereocenters. The van der Waals surface area contributed by atoms with Crippen molar-refractivity contribution in [3.8, 4) is 0 Å². The van der Waals surface area contributed by atoms with Gasteiger partial charge in [0.25, 0.3) is 0 Å². The first-order chi connectivity index (χ1) is 13.6. The Morgan fingerprint density at radius 1 is 1.14 bits per heavy atom. The van der Waals surface area contributed by atoms with Crippen molar-refractivity contribution in [2.75, 3.05) is 26.7 Å². The Hall–Kier alpha value is -2.96. The number of aromatic nitrogens is 2. The summed E-state index contributed by atoms with van der Waals surface area (Å²) >= 11 is 0. The lowest BCUT2D eigenvalue weighted by Crippen LogP contribution is -2.49. The number of amides is 2. The van der Waals surface area contributed by atoms with E-state index in [9.17, 15) is 9.59 Å². The van der Waals surface area contributed by atoms with Crippen LogP contribution in [-0.4, -0.2) is 53.6 Å². The highest BCUT2D eigenvalue weighted by atomic mass is 16.5. The van der Waals surface area contributed by atoms with Gasteiger partial charge < -0.3 is 15.0 Å². The maximum Gasteiger partial charge on any atom is 0.341 e. The molecule has 7 nitrogen and oxygen atoms in total. The molecular weight excluding hydrogens is 356 g/mol. The molecule has 0 spiro atoms. The van der Waals surface area contributed by atoms with E-state index in [1.807, 2.05) is 23.1 Å². The number of rotatable bonds is 5. The second-order valence-corrected chi connectivity index (χ2v) is 6.97. The molecule has 1 fully saturated rings. The van der Waals surface area contributed by atoms with Crippen molar-refractivity contribution in [2.24, 2.45) is 0 Å². The van der Waals surface area contributed by atoms with E-state index in [0.717, 1.165) is 12.8 Å². The van der Waals surface area contributed by atoms with Crippen LogP contribution in [0.25, 0.3) is 0 Å². The van der Waals surface area contributed by atoms with Gasteiger partial charge in [-0.3, -0.25) is 0 Å². The molecule has 1 saturated heterocycles. The van der Waals surface area contributed by atoms with Gasteiger partial charge in [-0.2, -0.15) is 0 Å². The first-order valence-corrected chi connectivity index (χ1v) is 9.58. The van der Waals surface area contributed by atoms with E-state index in [4.69, 9.17) is 4.74 Å². The number of piperidine rings is 1. The molecule has 0 radical (unpaired) electrons. The number of esters is 1. The van der Waals surface area contributed by atoms with Crippen LogP contribution in [0, 0.1) is 0 Å². The fourth-order valence-corrected chi connectivity index (χ4v) is 3.72. The third-order valence-corrected chi connectivity index (χ3v) is 5.32. The second kappa shape index (κ2) is 8.82. The first-order valence-electron chi connectivity index (χ1n) is 9.58. The van der Waals surface area contributed by atoms with Gasteiger partial charge >= 0.3 is 12.0 Å². The normalized spacial score (nSPS) is 15.7. The van der Waals surface area contributed by atoms with Crippen molar-refractivity contribution < 1.29 is 14.3 Å². The number of nitrogens with zero attached hydrogens (tertiary/aromatic N) is 3. The van der Waals surface area contributed by atoms with Crippen LogP contribution in [0.3, 0.4) is 0 Å². The second-order valence-electron chi connectivity index (χ2n) is 6.97. The minimum Gasteiger partial charge on any atom is -0.462 e. The quantitative estimate of drug-likeness (QED) is 0.804. The van der Waals surface area contributed by atoms with E-state index in [-0.39, 0.29) is 11.4 Å². The first kappa shape index (κ1) is 19.8. The largest absolute Gasteiger partial charge is 0.462 e. The highest BCUT2D eigenvalue weighted by molar-refractivity contribution is 5.88. The molecule has 1 aliphatic heterocycles. The van der Waals surface area contributed by atoms with Crippen LogP contribution in [0.4, 0.5) is 4.79 Å². The lowest BCUT2D eigenvalue weighted by Gasteiger charge is -2.42. The average molecular weight is 382 g/mol. The Labute approximate surface area is 165 Å². The Morgan fingerprint density at radius 2 is 1.79 bits per heavy atom. The topological polar surface area (TPSA) is 84.4 Å². The van der Waals surface area contributed by atoms with Gasteiger partial charge in [0.2, 0.25) is 0 Å². The molecule has 28 heavy (non-hydrogen) atoms. The standard InChI is InChI=1S/C21H26N4O3/c1-3-28-19(26)16-14-23-18(24-15-16)13-21(17-7-5-4-6-8-17)9-11-25(12-10-21)20(27)22-2/h4-8,14-15H,3,9-13H2,1-2H3,(H,22,27). The highest BCUT2D eigenvalue weighted by Gasteiger charge is 2.38. The van der Waals surface area contributed by atoms with Gasteiger partial charge in [-0.25, -0.2) is 19.6 Å². The van der Waals surface area contributed by atoms with Crippen LogP contribution in [-0.2, 0) is 16.6 Å². The molecule has 0 atom stereocenters. The number of carbonyl (C=O) groups excluding carboxylic acids is 2. The number of urea groups is 1. The van der Waals surface area contributed by atoms with Gasteiger partial charge in [-0.1, -0.05) is 30.3 Å². The van der Waals surface area contributed by atoms with Crippen molar-refractivity contribution in [1.82, 2.24) is 20.2 Å². The molecule has 2 heterocycles. The van der Waals surface area contributed by atoms with Crippen LogP contribution >= 0.6 is 0 Å². The van der Waals surface area contributed by atoms with Gasteiger partial charge in [0.05, 0.1) is 12.2 Å². The van der Waals surface area contributed by atoms with Gasteiger partial charge in [0.1, 0.15) is 5.82 Å². The minimum atomic E-state index is -0.411. The van der Waals surface area contributed by atoms with Gasteiger partial charge in [0, 0.05) is 44.4 Å². The van der Waals surface area contributed by atoms with Crippen LogP contribution in [0.5, 0.6) is 0 Å². The monoisotopic (exact) mass is 382 g/mol. The average Bonchev–Trinajstić information content (AvgIpc) is 2.75. The number of benzene rings is 1. The summed E-state index contributed by atoms with van der Waals surface area (Å²) < 4.78 is 4.99. The lowest BCUT2D eigenvalue weighted by molar-refractivity contribution is 0.0525. The van der Waals surface area contributed by atoms with E-state index in [0.29, 0.717) is 37.5 Å². The van der Waals surface area contributed by atoms with E-state index in [1.165, 1.54) is 18.0 Å². The van der Waals surface area contributed by atoms with Crippen LogP contribution in [0.1, 0.15) is 41.5 Å². The zero-order valence-corrected chi connectivity index (χ0v) is 16.4. The molecular formula is C21H26N4O3. The summed E-state index contributed by atoms with van der Waals surface area (Å²) in [7, 11) is 1.65. The number of nitrogens with one attached hydrogen (secondary N) is 1. The van der Waals surface area contributed by atoms with E-state index in [1.54, 1.807) is 14.0 Å². The lowest BCUT2D eigenvalue weighted by atomic mass is 9.70. The Kier molecular flexibility index (Phi) is 6.23. The molecule has 7 heteroatoms. The molecule has 0 bridgehead atoms. The third kappa shape index (κ3) is 4.30. The van der Waals surface area contributed by atoms with Crippen molar-refractivity contribution in [2.45, 2.75) is 31.6 Å². The Morgan fingerprint density at radius 3 is 2.36 bits per heavy atom. The van der Waals surface area contributed by atoms with Crippen molar-refractivity contribution in [3.63, 3.8) is 0 Å². The molecule has 3 rings (SSSR count). The fourth-order valence-electron chi connectivity index (χ4n) is 3.72.